The molecular weight excluding hydrogens is 430 g/mol. The summed E-state index contributed by atoms with van der Waals surface area (Å²) in [6.45, 7) is 0. The van der Waals surface area contributed by atoms with Crippen LogP contribution in [0, 0.1) is 5.92 Å². The Morgan fingerprint density at radius 1 is 0.833 bits per heavy atom. The third kappa shape index (κ3) is 6.05. The van der Waals surface area contributed by atoms with Crippen molar-refractivity contribution >= 4 is 77.0 Å². The van der Waals surface area contributed by atoms with Crippen LogP contribution in [-0.2, 0) is 0 Å². The van der Waals surface area contributed by atoms with Crippen LogP contribution in [0.1, 0.15) is 0 Å². The summed E-state index contributed by atoms with van der Waals surface area (Å²) in [7, 11) is 0. The predicted molar refractivity (Wildman–Crippen MR) is 95.5 cm³/mol. The maximum absolute atomic E-state index is 2.26. The van der Waals surface area contributed by atoms with Crippen molar-refractivity contribution < 1.29 is 0 Å². The molecule has 0 radical (unpaired) electrons. The Bertz CT molecular complexity index is 224. The average Bonchev–Trinajstić information content (AvgIpc) is 3.25. The van der Waals surface area contributed by atoms with E-state index in [9.17, 15) is 0 Å². The van der Waals surface area contributed by atoms with E-state index in [-0.39, 0.29) is 0 Å². The molecule has 3 aliphatic heterocycles. The molecule has 0 saturated carbocycles. The van der Waals surface area contributed by atoms with Gasteiger partial charge in [0.15, 0.2) is 0 Å². The van der Waals surface area contributed by atoms with Gasteiger partial charge in [0.05, 0.1) is 0 Å². The molecule has 0 N–H and O–H groups in total. The first kappa shape index (κ1) is 15.3. The summed E-state index contributed by atoms with van der Waals surface area (Å²) in [6.07, 6.45) is 0. The van der Waals surface area contributed by atoms with E-state index in [1.54, 1.807) is 10.6 Å². The topological polar surface area (TPSA) is 0 Å². The number of hydrogen-bond donors (Lipinski definition) is 0. The normalized spacial score (nSPS) is 38.7. The van der Waals surface area contributed by atoms with Gasteiger partial charge in [-0.1, -0.05) is 0 Å². The zero-order valence-electron chi connectivity index (χ0n) is 10.4. The Balaban J connectivity index is 1.21. The molecule has 3 rings (SSSR count). The van der Waals surface area contributed by atoms with E-state index in [0.29, 0.717) is 0 Å². The van der Waals surface area contributed by atoms with E-state index in [1.807, 2.05) is 0 Å². The Hall–Kier alpha value is 2.44. The molecule has 0 aromatic carbocycles. The fourth-order valence-corrected chi connectivity index (χ4v) is 15.8. The Kier molecular flexibility index (Phi) is 6.96. The van der Waals surface area contributed by atoms with Crippen molar-refractivity contribution in [1.29, 1.82) is 0 Å². The van der Waals surface area contributed by atoms with E-state index < -0.39 is 0 Å². The molecule has 0 aliphatic carbocycles. The summed E-state index contributed by atoms with van der Waals surface area (Å²) in [5.41, 5.74) is 0. The molecule has 0 bridgehead atoms. The predicted octanol–water partition coefficient (Wildman–Crippen LogP) is 3.30. The fourth-order valence-electron chi connectivity index (χ4n) is 1.77. The van der Waals surface area contributed by atoms with Gasteiger partial charge in [-0.05, 0) is 0 Å². The summed E-state index contributed by atoms with van der Waals surface area (Å²) in [6, 6.07) is 0. The van der Waals surface area contributed by atoms with Gasteiger partial charge in [0.2, 0.25) is 0 Å². The van der Waals surface area contributed by atoms with E-state index >= 15 is 0 Å². The second kappa shape index (κ2) is 8.17. The monoisotopic (exact) mass is 452 g/mol. The summed E-state index contributed by atoms with van der Waals surface area (Å²) in [5, 5.41) is 5.29. The van der Waals surface area contributed by atoms with E-state index in [1.165, 1.54) is 38.2 Å². The summed E-state index contributed by atoms with van der Waals surface area (Å²) in [4.78, 5) is 0. The zero-order valence-corrected chi connectivity index (χ0v) is 17.1. The first-order valence-electron chi connectivity index (χ1n) is 6.52. The van der Waals surface area contributed by atoms with Crippen LogP contribution in [-0.4, -0.2) is 74.9 Å². The second-order valence-corrected chi connectivity index (χ2v) is 16.5. The van der Waals surface area contributed by atoms with Crippen LogP contribution in [0.3, 0.4) is 0 Å². The van der Waals surface area contributed by atoms with Crippen LogP contribution >= 0.6 is 47.0 Å². The van der Waals surface area contributed by atoms with Crippen molar-refractivity contribution in [2.24, 2.45) is 5.92 Å². The minimum atomic E-state index is 0.988. The van der Waals surface area contributed by atoms with Crippen LogP contribution in [0.4, 0.5) is 0 Å². The maximum atomic E-state index is 2.26. The van der Waals surface area contributed by atoms with Crippen LogP contribution in [0.2, 0.25) is 14.4 Å². The Morgan fingerprint density at radius 2 is 1.39 bits per heavy atom. The first-order chi connectivity index (χ1) is 8.90. The summed E-state index contributed by atoms with van der Waals surface area (Å²) in [5.74, 6) is 9.90. The van der Waals surface area contributed by atoms with Crippen molar-refractivity contribution in [3.63, 3.8) is 0 Å². The summed E-state index contributed by atoms with van der Waals surface area (Å²) >= 11 is 10.8. The van der Waals surface area contributed by atoms with Crippen LogP contribution in [0.5, 0.6) is 0 Å². The average molecular weight is 450 g/mol. The van der Waals surface area contributed by atoms with Gasteiger partial charge in [-0.15, -0.1) is 0 Å². The second-order valence-electron chi connectivity index (χ2n) is 4.95. The van der Waals surface area contributed by atoms with E-state index in [4.69, 9.17) is 0 Å². The van der Waals surface area contributed by atoms with Crippen molar-refractivity contribution in [3.05, 3.63) is 0 Å². The molecule has 0 nitrogen and oxygen atoms in total. The molecule has 3 heterocycles. The van der Waals surface area contributed by atoms with Gasteiger partial charge in [-0.3, -0.25) is 0 Å². The van der Waals surface area contributed by atoms with Gasteiger partial charge < -0.3 is 0 Å². The molecule has 0 spiro atoms. The Labute approximate surface area is 141 Å². The molecule has 3 fully saturated rings. The molecule has 6 heteroatoms. The summed E-state index contributed by atoms with van der Waals surface area (Å²) < 4.78 is 1.18. The van der Waals surface area contributed by atoms with Gasteiger partial charge >= 0.3 is 142 Å². The fraction of sp³-hybridized carbons (Fsp3) is 1.00. The van der Waals surface area contributed by atoms with Gasteiger partial charge in [0.25, 0.3) is 0 Å². The van der Waals surface area contributed by atoms with Crippen LogP contribution in [0.25, 0.3) is 0 Å². The molecular formula is C12H20S4Se2. The standard InChI is InChI=1S/C12H20S4Se2/c1(13-2-10-4-15-10)9-7-17-12(18-8-9)6-14-3-11-5-16-11/h9-12H,1-8H2. The molecule has 3 aliphatic rings. The van der Waals surface area contributed by atoms with Crippen LogP contribution in [0.15, 0.2) is 0 Å². The quantitative estimate of drug-likeness (QED) is 0.411. The molecule has 0 aromatic rings. The molecule has 3 saturated heterocycles. The Morgan fingerprint density at radius 3 is 1.94 bits per heavy atom. The van der Waals surface area contributed by atoms with Crippen LogP contribution < -0.4 is 0 Å². The zero-order chi connectivity index (χ0) is 12.2. The molecule has 18 heavy (non-hydrogen) atoms. The molecule has 104 valence electrons. The molecule has 2 atom stereocenters. The third-order valence-electron chi connectivity index (χ3n) is 3.06. The van der Waals surface area contributed by atoms with Crippen molar-refractivity contribution in [1.82, 2.24) is 0 Å². The van der Waals surface area contributed by atoms with Crippen molar-refractivity contribution in [2.75, 3.05) is 34.5 Å². The molecule has 0 amide bonds. The molecule has 2 unspecified atom stereocenters. The van der Waals surface area contributed by atoms with Crippen molar-refractivity contribution in [2.45, 2.75) is 24.9 Å². The van der Waals surface area contributed by atoms with E-state index in [0.717, 1.165) is 46.3 Å². The number of hydrogen-bond acceptors (Lipinski definition) is 4. The minimum absolute atomic E-state index is 0.988. The number of thioether (sulfide) groups is 4. The van der Waals surface area contributed by atoms with Gasteiger partial charge in [-0.25, -0.2) is 0 Å². The first-order valence-corrected chi connectivity index (χ1v) is 15.3. The van der Waals surface area contributed by atoms with Gasteiger partial charge in [-0.2, -0.15) is 0 Å². The SMILES string of the molecule is C(SCC1CS1)C1C[Se]C(CSCC2CS2)[Se]C1. The number of rotatable bonds is 8. The third-order valence-corrected chi connectivity index (χ3v) is 16.9. The van der Waals surface area contributed by atoms with Gasteiger partial charge in [0.1, 0.15) is 0 Å². The van der Waals surface area contributed by atoms with E-state index in [2.05, 4.69) is 47.0 Å². The van der Waals surface area contributed by atoms with Crippen molar-refractivity contribution in [3.8, 4) is 0 Å². The van der Waals surface area contributed by atoms with Gasteiger partial charge in [0, 0.05) is 0 Å². The molecule has 0 aromatic heterocycles.